The monoisotopic (exact) mass is 426 g/mol. The Balaban J connectivity index is 1.36. The highest BCUT2D eigenvalue weighted by Crippen LogP contribution is 2.33. The van der Waals surface area contributed by atoms with E-state index < -0.39 is 0 Å². The van der Waals surface area contributed by atoms with Crippen molar-refractivity contribution < 1.29 is 14.3 Å². The highest BCUT2D eigenvalue weighted by atomic mass is 16.5. The van der Waals surface area contributed by atoms with Gasteiger partial charge in [0.25, 0.3) is 0 Å². The van der Waals surface area contributed by atoms with Crippen LogP contribution in [0.2, 0.25) is 0 Å². The number of nitrogens with one attached hydrogen (secondary N) is 2. The summed E-state index contributed by atoms with van der Waals surface area (Å²) in [6.07, 6.45) is 1.86. The summed E-state index contributed by atoms with van der Waals surface area (Å²) in [6, 6.07) is 24.2. The third-order valence-corrected chi connectivity index (χ3v) is 6.09. The van der Waals surface area contributed by atoms with Gasteiger partial charge in [-0.1, -0.05) is 36.4 Å². The Morgan fingerprint density at radius 2 is 1.84 bits per heavy atom. The van der Waals surface area contributed by atoms with Gasteiger partial charge in [0.15, 0.2) is 0 Å². The lowest BCUT2D eigenvalue weighted by atomic mass is 9.99. The second-order valence-corrected chi connectivity index (χ2v) is 8.05. The number of hydrogen-bond acceptors (Lipinski definition) is 3. The zero-order valence-corrected chi connectivity index (χ0v) is 18.1. The van der Waals surface area contributed by atoms with Gasteiger partial charge in [0.1, 0.15) is 11.5 Å². The second kappa shape index (κ2) is 8.79. The summed E-state index contributed by atoms with van der Waals surface area (Å²) in [4.78, 5) is 16.5. The maximum atomic E-state index is 12.9. The van der Waals surface area contributed by atoms with Crippen LogP contribution in [0.15, 0.2) is 72.8 Å². The minimum Gasteiger partial charge on any atom is -0.497 e. The van der Waals surface area contributed by atoms with Gasteiger partial charge in [-0.3, -0.25) is 4.79 Å². The SMILES string of the molecule is COc1ccc(-c2[nH]c3ccccc3c2CCC(=O)N[C@@H]2CCOc3ccccc32)cc1. The fraction of sp³-hybridized carbons (Fsp3) is 0.222. The number of aromatic amines is 1. The molecule has 1 atom stereocenters. The quantitative estimate of drug-likeness (QED) is 0.433. The van der Waals surface area contributed by atoms with Gasteiger partial charge in [-0.2, -0.15) is 0 Å². The van der Waals surface area contributed by atoms with Crippen LogP contribution in [0.4, 0.5) is 0 Å². The zero-order valence-electron chi connectivity index (χ0n) is 18.1. The fourth-order valence-electron chi connectivity index (χ4n) is 4.46. The van der Waals surface area contributed by atoms with Crippen LogP contribution >= 0.6 is 0 Å². The van der Waals surface area contributed by atoms with Gasteiger partial charge >= 0.3 is 0 Å². The summed E-state index contributed by atoms with van der Waals surface area (Å²) < 4.78 is 11.0. The molecule has 162 valence electrons. The number of ether oxygens (including phenoxy) is 2. The van der Waals surface area contributed by atoms with Crippen molar-refractivity contribution in [3.05, 3.63) is 83.9 Å². The van der Waals surface area contributed by atoms with Crippen molar-refractivity contribution in [2.75, 3.05) is 13.7 Å². The van der Waals surface area contributed by atoms with E-state index in [1.165, 1.54) is 0 Å². The number of carbonyl (C=O) groups excluding carboxylic acids is 1. The lowest BCUT2D eigenvalue weighted by molar-refractivity contribution is -0.122. The molecule has 5 rings (SSSR count). The van der Waals surface area contributed by atoms with Gasteiger partial charge in [0, 0.05) is 35.0 Å². The van der Waals surface area contributed by atoms with E-state index in [0.717, 1.165) is 51.2 Å². The smallest absolute Gasteiger partial charge is 0.220 e. The molecule has 0 aliphatic carbocycles. The van der Waals surface area contributed by atoms with Crippen molar-refractivity contribution in [1.29, 1.82) is 0 Å². The number of aryl methyl sites for hydroxylation is 1. The molecule has 0 radical (unpaired) electrons. The number of carbonyl (C=O) groups is 1. The van der Waals surface area contributed by atoms with Crippen LogP contribution in [0.5, 0.6) is 11.5 Å². The maximum absolute atomic E-state index is 12.9. The summed E-state index contributed by atoms with van der Waals surface area (Å²) in [5.41, 5.74) is 5.42. The molecule has 0 spiro atoms. The van der Waals surface area contributed by atoms with Crippen LogP contribution < -0.4 is 14.8 Å². The van der Waals surface area contributed by atoms with Gasteiger partial charge in [-0.05, 0) is 53.9 Å². The lowest BCUT2D eigenvalue weighted by Gasteiger charge is -2.26. The average molecular weight is 427 g/mol. The number of aromatic nitrogens is 1. The van der Waals surface area contributed by atoms with Crippen molar-refractivity contribution in [2.45, 2.75) is 25.3 Å². The van der Waals surface area contributed by atoms with Crippen molar-refractivity contribution in [3.8, 4) is 22.8 Å². The van der Waals surface area contributed by atoms with Crippen LogP contribution in [0.3, 0.4) is 0 Å². The molecule has 1 aliphatic heterocycles. The summed E-state index contributed by atoms with van der Waals surface area (Å²) in [6.45, 7) is 0.617. The number of amides is 1. The first-order valence-electron chi connectivity index (χ1n) is 11.0. The normalized spacial score (nSPS) is 15.1. The molecule has 0 saturated heterocycles. The van der Waals surface area contributed by atoms with Crippen molar-refractivity contribution >= 4 is 16.8 Å². The van der Waals surface area contributed by atoms with E-state index in [1.807, 2.05) is 60.7 Å². The minimum atomic E-state index is -0.00326. The summed E-state index contributed by atoms with van der Waals surface area (Å²) in [7, 11) is 1.67. The van der Waals surface area contributed by atoms with E-state index in [-0.39, 0.29) is 11.9 Å². The highest BCUT2D eigenvalue weighted by Gasteiger charge is 2.23. The second-order valence-electron chi connectivity index (χ2n) is 8.05. The topological polar surface area (TPSA) is 63.4 Å². The van der Waals surface area contributed by atoms with E-state index >= 15 is 0 Å². The molecule has 1 aromatic heterocycles. The van der Waals surface area contributed by atoms with Crippen molar-refractivity contribution in [1.82, 2.24) is 10.3 Å². The van der Waals surface area contributed by atoms with E-state index in [4.69, 9.17) is 9.47 Å². The van der Waals surface area contributed by atoms with Gasteiger partial charge in [-0.15, -0.1) is 0 Å². The van der Waals surface area contributed by atoms with E-state index in [1.54, 1.807) is 7.11 Å². The Labute approximate surface area is 187 Å². The number of para-hydroxylation sites is 2. The van der Waals surface area contributed by atoms with Crippen molar-refractivity contribution in [3.63, 3.8) is 0 Å². The molecule has 1 aliphatic rings. The molecule has 3 aromatic carbocycles. The van der Waals surface area contributed by atoms with E-state index in [9.17, 15) is 4.79 Å². The predicted octanol–water partition coefficient (Wildman–Crippen LogP) is 5.42. The van der Waals surface area contributed by atoms with Gasteiger partial charge < -0.3 is 19.8 Å². The largest absolute Gasteiger partial charge is 0.497 e. The Hall–Kier alpha value is -3.73. The molecule has 0 fully saturated rings. The third-order valence-electron chi connectivity index (χ3n) is 6.09. The van der Waals surface area contributed by atoms with Gasteiger partial charge in [-0.25, -0.2) is 0 Å². The summed E-state index contributed by atoms with van der Waals surface area (Å²) >= 11 is 0. The predicted molar refractivity (Wildman–Crippen MR) is 126 cm³/mol. The average Bonchev–Trinajstić information content (AvgIpc) is 3.21. The highest BCUT2D eigenvalue weighted by molar-refractivity contribution is 5.91. The molecule has 1 amide bonds. The summed E-state index contributed by atoms with van der Waals surface area (Å²) in [5, 5.41) is 4.37. The maximum Gasteiger partial charge on any atom is 0.220 e. The molecule has 5 nitrogen and oxygen atoms in total. The number of fused-ring (bicyclic) bond motifs is 2. The number of H-pyrrole nitrogens is 1. The fourth-order valence-corrected chi connectivity index (χ4v) is 4.46. The van der Waals surface area contributed by atoms with Crippen LogP contribution in [0.1, 0.15) is 30.0 Å². The van der Waals surface area contributed by atoms with Crippen LogP contribution in [-0.2, 0) is 11.2 Å². The van der Waals surface area contributed by atoms with Crippen LogP contribution in [0.25, 0.3) is 22.2 Å². The lowest BCUT2D eigenvalue weighted by Crippen LogP contribution is -2.32. The first kappa shape index (κ1) is 20.2. The molecular formula is C27H26N2O3. The Kier molecular flexibility index (Phi) is 5.55. The Bertz CT molecular complexity index is 1240. The molecular weight excluding hydrogens is 400 g/mol. The van der Waals surface area contributed by atoms with Crippen LogP contribution in [0, 0.1) is 0 Å². The number of benzene rings is 3. The number of hydrogen-bond donors (Lipinski definition) is 2. The molecule has 0 unspecified atom stereocenters. The van der Waals surface area contributed by atoms with Crippen molar-refractivity contribution in [2.24, 2.45) is 0 Å². The number of methoxy groups -OCH3 is 1. The number of rotatable bonds is 6. The first-order chi connectivity index (χ1) is 15.7. The molecule has 4 aromatic rings. The van der Waals surface area contributed by atoms with E-state index in [0.29, 0.717) is 19.4 Å². The standard InChI is InChI=1S/C27H26N2O3/c1-31-19-12-10-18(11-13-19)27-21(20-6-2-4-8-23(20)29-27)14-15-26(30)28-24-16-17-32-25-9-5-3-7-22(24)25/h2-13,24,29H,14-17H2,1H3,(H,28,30)/t24-/m1/s1. The van der Waals surface area contributed by atoms with Gasteiger partial charge in [0.05, 0.1) is 19.8 Å². The molecule has 32 heavy (non-hydrogen) atoms. The Morgan fingerprint density at radius 1 is 1.06 bits per heavy atom. The molecule has 5 heteroatoms. The molecule has 0 saturated carbocycles. The zero-order chi connectivity index (χ0) is 21.9. The van der Waals surface area contributed by atoms with E-state index in [2.05, 4.69) is 22.4 Å². The van der Waals surface area contributed by atoms with Crippen LogP contribution in [-0.4, -0.2) is 24.6 Å². The molecule has 2 N–H and O–H groups in total. The van der Waals surface area contributed by atoms with Gasteiger partial charge in [0.2, 0.25) is 5.91 Å². The third kappa shape index (κ3) is 3.94. The summed E-state index contributed by atoms with van der Waals surface area (Å²) in [5.74, 6) is 1.74. The minimum absolute atomic E-state index is 0.00326. The Morgan fingerprint density at radius 3 is 2.69 bits per heavy atom. The molecule has 2 heterocycles. The first-order valence-corrected chi connectivity index (χ1v) is 11.0. The molecule has 0 bridgehead atoms.